The first kappa shape index (κ1) is 44.5. The first-order valence-electron chi connectivity index (χ1n) is 17.3. The smallest absolute Gasteiger partial charge is 0.395 e. The second-order valence-electron chi connectivity index (χ2n) is 14.5. The minimum absolute atomic E-state index is 0.00638. The summed E-state index contributed by atoms with van der Waals surface area (Å²) < 4.78 is 114. The van der Waals surface area contributed by atoms with Gasteiger partial charge in [0.2, 0.25) is 12.1 Å². The topological polar surface area (TPSA) is 114 Å². The molecule has 0 bridgehead atoms. The predicted octanol–water partition coefficient (Wildman–Crippen LogP) is 8.57. The van der Waals surface area contributed by atoms with E-state index in [-0.39, 0.29) is 17.5 Å². The van der Waals surface area contributed by atoms with Crippen LogP contribution in [0, 0.1) is 10.8 Å². The van der Waals surface area contributed by atoms with Gasteiger partial charge in [-0.3, -0.25) is 9.36 Å². The number of ether oxygens (including phenoxy) is 1. The summed E-state index contributed by atoms with van der Waals surface area (Å²) in [5.74, 6) is -2.86. The lowest BCUT2D eigenvalue weighted by Crippen LogP contribution is -2.48. The molecule has 18 heteroatoms. The Morgan fingerprint density at radius 3 is 1.98 bits per heavy atom. The first-order chi connectivity index (χ1) is 25.6. The van der Waals surface area contributed by atoms with Crippen LogP contribution in [-0.4, -0.2) is 61.9 Å². The van der Waals surface area contributed by atoms with Gasteiger partial charge in [-0.25, -0.2) is 13.6 Å². The molecule has 1 amide bonds. The number of nitrogens with one attached hydrogen (secondary N) is 1. The summed E-state index contributed by atoms with van der Waals surface area (Å²) in [5.41, 5.74) is -3.94. The van der Waals surface area contributed by atoms with Crippen molar-refractivity contribution in [3.05, 3.63) is 93.5 Å². The van der Waals surface area contributed by atoms with Crippen LogP contribution in [-0.2, 0) is 33.4 Å². The molecular formula is C37H43F8N3O5S2. The van der Waals surface area contributed by atoms with Gasteiger partial charge in [0, 0.05) is 29.4 Å². The van der Waals surface area contributed by atoms with Gasteiger partial charge in [0.15, 0.2) is 0 Å². The van der Waals surface area contributed by atoms with Crippen LogP contribution in [0.15, 0.2) is 65.6 Å². The van der Waals surface area contributed by atoms with E-state index in [0.29, 0.717) is 46.7 Å². The summed E-state index contributed by atoms with van der Waals surface area (Å²) in [6, 6.07) is 11.0. The van der Waals surface area contributed by atoms with Crippen LogP contribution in [0.25, 0.3) is 0 Å². The van der Waals surface area contributed by atoms with Crippen LogP contribution in [0.2, 0.25) is 0 Å². The number of aliphatic hydroxyl groups is 2. The van der Waals surface area contributed by atoms with Gasteiger partial charge in [-0.05, 0) is 78.8 Å². The molecule has 2 heterocycles. The maximum Gasteiger partial charge on any atom is 0.416 e. The number of carbonyl (C=O) groups excluding carboxylic acids is 1. The summed E-state index contributed by atoms with van der Waals surface area (Å²) in [4.78, 5) is 29.6. The number of amides is 1. The molecule has 0 aliphatic carbocycles. The molecule has 4 atom stereocenters. The third-order valence-electron chi connectivity index (χ3n) is 9.60. The number of thioether (sulfide) groups is 2. The van der Waals surface area contributed by atoms with E-state index in [1.165, 1.54) is 24.3 Å². The molecule has 55 heavy (non-hydrogen) atoms. The van der Waals surface area contributed by atoms with Crippen molar-refractivity contribution in [1.29, 1.82) is 0 Å². The van der Waals surface area contributed by atoms with Crippen LogP contribution in [0.4, 0.5) is 40.9 Å². The van der Waals surface area contributed by atoms with Crippen molar-refractivity contribution >= 4 is 35.2 Å². The van der Waals surface area contributed by atoms with Gasteiger partial charge < -0.3 is 20.3 Å². The highest BCUT2D eigenvalue weighted by molar-refractivity contribution is 7.99. The standard InChI is InChI=1S/C37H43F8N3O5S2/c1-33(2,18-30(51)46-29-13-16-48(32(52)47-29)31-35(38,39)34(3,22-50)28(19-49)53-31)15-12-27(55-21-24-6-10-26(11-7-24)37(43,44)45)14-17-54-20-23-4-8-25(9-5-23)36(40,41)42/h4-11,13,16,27-28,31,49-50H,12,14-15,17-22H2,1-3H3,(H,46,47,51,52)/t27?,28-,31-,34-/m1/s1. The Labute approximate surface area is 321 Å². The summed E-state index contributed by atoms with van der Waals surface area (Å²) in [7, 11) is 0. The Kier molecular flexibility index (Phi) is 14.5. The molecule has 1 unspecified atom stereocenters. The van der Waals surface area contributed by atoms with Gasteiger partial charge in [-0.15, -0.1) is 0 Å². The minimum atomic E-state index is -4.46. The summed E-state index contributed by atoms with van der Waals surface area (Å²) in [6.45, 7) is 2.93. The molecule has 2 aromatic carbocycles. The summed E-state index contributed by atoms with van der Waals surface area (Å²) in [5, 5.41) is 21.7. The van der Waals surface area contributed by atoms with Gasteiger partial charge in [-0.2, -0.15) is 54.9 Å². The summed E-state index contributed by atoms with van der Waals surface area (Å²) >= 11 is 3.10. The van der Waals surface area contributed by atoms with Gasteiger partial charge >= 0.3 is 24.0 Å². The number of carbonyl (C=O) groups is 1. The number of aliphatic hydroxyl groups excluding tert-OH is 2. The lowest BCUT2D eigenvalue weighted by Gasteiger charge is -2.32. The SMILES string of the molecule is CC(C)(CCC(CCSCc1ccc(C(F)(F)F)cc1)SCc1ccc(C(F)(F)F)cc1)CC(=O)Nc1ccn([C@@H]2O[C@H](CO)[C@@](C)(CO)C2(F)F)c(=O)n1. The van der Waals surface area contributed by atoms with Crippen LogP contribution in [0.1, 0.15) is 74.9 Å². The normalized spacial score (nSPS) is 20.7. The molecule has 0 saturated carbocycles. The average molecular weight is 826 g/mol. The van der Waals surface area contributed by atoms with Gasteiger partial charge in [0.1, 0.15) is 5.82 Å². The minimum Gasteiger partial charge on any atom is -0.395 e. The van der Waals surface area contributed by atoms with Crippen LogP contribution in [0.3, 0.4) is 0 Å². The molecule has 8 nitrogen and oxygen atoms in total. The van der Waals surface area contributed by atoms with Crippen molar-refractivity contribution in [3.63, 3.8) is 0 Å². The molecule has 3 aromatic rings. The molecule has 4 rings (SSSR count). The number of rotatable bonds is 17. The van der Waals surface area contributed by atoms with E-state index >= 15 is 8.78 Å². The predicted molar refractivity (Wildman–Crippen MR) is 195 cm³/mol. The fourth-order valence-corrected chi connectivity index (χ4v) is 8.37. The van der Waals surface area contributed by atoms with Crippen LogP contribution >= 0.6 is 23.5 Å². The number of aromatic nitrogens is 2. The second-order valence-corrected chi connectivity index (χ2v) is 16.8. The largest absolute Gasteiger partial charge is 0.416 e. The molecule has 1 aliphatic heterocycles. The molecule has 0 radical (unpaired) electrons. The zero-order valence-electron chi connectivity index (χ0n) is 30.2. The maximum absolute atomic E-state index is 15.3. The van der Waals surface area contributed by atoms with Crippen molar-refractivity contribution in [3.8, 4) is 0 Å². The van der Waals surface area contributed by atoms with E-state index in [4.69, 9.17) is 4.74 Å². The summed E-state index contributed by atoms with van der Waals surface area (Å²) in [6.07, 6.45) is -9.66. The number of halogens is 8. The van der Waals surface area contributed by atoms with Crippen molar-refractivity contribution in [2.75, 3.05) is 24.3 Å². The van der Waals surface area contributed by atoms with Crippen LogP contribution in [0.5, 0.6) is 0 Å². The first-order valence-corrected chi connectivity index (χ1v) is 19.5. The third kappa shape index (κ3) is 11.5. The van der Waals surface area contributed by atoms with E-state index < -0.39 is 77.4 Å². The highest BCUT2D eigenvalue weighted by atomic mass is 32.2. The Morgan fingerprint density at radius 1 is 0.927 bits per heavy atom. The van der Waals surface area contributed by atoms with Gasteiger partial charge in [-0.1, -0.05) is 38.1 Å². The van der Waals surface area contributed by atoms with Gasteiger partial charge in [0.25, 0.3) is 0 Å². The maximum atomic E-state index is 15.3. The van der Waals surface area contributed by atoms with E-state index in [2.05, 4.69) is 10.3 Å². The molecule has 1 fully saturated rings. The fraction of sp³-hybridized carbons (Fsp3) is 0.541. The number of benzene rings is 2. The Balaban J connectivity index is 1.35. The van der Waals surface area contributed by atoms with E-state index in [1.807, 2.05) is 13.8 Å². The molecule has 1 aliphatic rings. The molecule has 1 saturated heterocycles. The van der Waals surface area contributed by atoms with Crippen molar-refractivity contribution < 1.29 is 54.9 Å². The van der Waals surface area contributed by atoms with Crippen molar-refractivity contribution in [2.45, 2.75) is 93.8 Å². The Morgan fingerprint density at radius 2 is 1.49 bits per heavy atom. The van der Waals surface area contributed by atoms with E-state index in [9.17, 15) is 46.1 Å². The molecule has 304 valence electrons. The number of alkyl halides is 8. The number of nitrogens with zero attached hydrogens (tertiary/aromatic N) is 2. The van der Waals surface area contributed by atoms with E-state index in [1.54, 1.807) is 23.5 Å². The van der Waals surface area contributed by atoms with Crippen molar-refractivity contribution in [1.82, 2.24) is 9.55 Å². The quantitative estimate of drug-likeness (QED) is 0.0918. The van der Waals surface area contributed by atoms with E-state index in [0.717, 1.165) is 49.0 Å². The third-order valence-corrected chi connectivity index (χ3v) is 12.1. The Bertz CT molecular complexity index is 1790. The molecular weight excluding hydrogens is 783 g/mol. The molecule has 0 spiro atoms. The van der Waals surface area contributed by atoms with Gasteiger partial charge in [0.05, 0.1) is 35.9 Å². The van der Waals surface area contributed by atoms with Crippen LogP contribution < -0.4 is 11.0 Å². The number of hydrogen-bond donors (Lipinski definition) is 3. The molecule has 3 N–H and O–H groups in total. The zero-order chi connectivity index (χ0) is 40.8. The highest BCUT2D eigenvalue weighted by Gasteiger charge is 2.67. The van der Waals surface area contributed by atoms with Crippen molar-refractivity contribution in [2.24, 2.45) is 10.8 Å². The highest BCUT2D eigenvalue weighted by Crippen LogP contribution is 2.54. The fourth-order valence-electron chi connectivity index (χ4n) is 6.01. The monoisotopic (exact) mass is 825 g/mol. The second kappa shape index (κ2) is 17.9. The average Bonchev–Trinajstić information content (AvgIpc) is 3.31. The zero-order valence-corrected chi connectivity index (χ0v) is 31.9. The number of anilines is 1. The Hall–Kier alpha value is -3.19. The molecule has 1 aromatic heterocycles. The lowest BCUT2D eigenvalue weighted by atomic mass is 9.80. The number of hydrogen-bond acceptors (Lipinski definition) is 8. The lowest BCUT2D eigenvalue weighted by molar-refractivity contribution is -0.154.